The first-order chi connectivity index (χ1) is 17.9. The molecule has 5 rings (SSSR count). The van der Waals surface area contributed by atoms with Crippen LogP contribution in [0, 0.1) is 0 Å². The molecule has 1 aliphatic heterocycles. The van der Waals surface area contributed by atoms with E-state index in [1.807, 2.05) is 41.2 Å². The number of anilines is 1. The first kappa shape index (κ1) is 25.6. The van der Waals surface area contributed by atoms with Gasteiger partial charge in [0.15, 0.2) is 5.65 Å². The van der Waals surface area contributed by atoms with Crippen LogP contribution in [0.25, 0.3) is 16.7 Å². The third kappa shape index (κ3) is 5.21. The van der Waals surface area contributed by atoms with Gasteiger partial charge in [0.25, 0.3) is 0 Å². The summed E-state index contributed by atoms with van der Waals surface area (Å²) < 4.78 is 30.0. The molecule has 4 aromatic rings. The van der Waals surface area contributed by atoms with Crippen molar-refractivity contribution in [2.75, 3.05) is 31.1 Å². The van der Waals surface area contributed by atoms with Crippen LogP contribution in [0.2, 0.25) is 5.02 Å². The van der Waals surface area contributed by atoms with Crippen LogP contribution < -0.4 is 4.90 Å². The van der Waals surface area contributed by atoms with Gasteiger partial charge in [-0.15, -0.1) is 0 Å². The van der Waals surface area contributed by atoms with Crippen molar-refractivity contribution >= 4 is 38.5 Å². The Balaban J connectivity index is 1.50. The van der Waals surface area contributed by atoms with Crippen molar-refractivity contribution in [3.05, 3.63) is 71.6 Å². The minimum atomic E-state index is -3.61. The zero-order valence-corrected chi connectivity index (χ0v) is 22.7. The van der Waals surface area contributed by atoms with Crippen molar-refractivity contribution in [1.29, 1.82) is 0 Å². The number of aromatic nitrogens is 4. The lowest BCUT2D eigenvalue weighted by atomic mass is 10.1. The summed E-state index contributed by atoms with van der Waals surface area (Å²) in [5, 5.41) is 6.04. The number of benzene rings is 2. The topological polar surface area (TPSA) is 84.2 Å². The molecule has 3 heterocycles. The molecule has 2 aromatic carbocycles. The minimum absolute atomic E-state index is 0.195. The minimum Gasteiger partial charge on any atom is -0.355 e. The number of sulfonamides is 1. The maximum absolute atomic E-state index is 13.3. The zero-order valence-electron chi connectivity index (χ0n) is 21.1. The zero-order chi connectivity index (χ0) is 26.0. The lowest BCUT2D eigenvalue weighted by Crippen LogP contribution is -2.35. The highest BCUT2D eigenvalue weighted by Gasteiger charge is 2.29. The fourth-order valence-electron chi connectivity index (χ4n) is 4.79. The molecular formula is C27H31ClN6O2S. The quantitative estimate of drug-likeness (QED) is 0.318. The van der Waals surface area contributed by atoms with Gasteiger partial charge in [0.1, 0.15) is 11.6 Å². The van der Waals surface area contributed by atoms with E-state index in [0.29, 0.717) is 37.6 Å². The largest absolute Gasteiger partial charge is 0.355 e. The molecule has 1 atom stereocenters. The predicted octanol–water partition coefficient (Wildman–Crippen LogP) is 5.27. The molecule has 0 radical (unpaired) electrons. The molecule has 0 spiro atoms. The summed E-state index contributed by atoms with van der Waals surface area (Å²) in [5.41, 5.74) is 1.70. The van der Waals surface area contributed by atoms with Gasteiger partial charge in [0, 0.05) is 37.1 Å². The van der Waals surface area contributed by atoms with Gasteiger partial charge in [-0.05, 0) is 49.2 Å². The van der Waals surface area contributed by atoms with Crippen molar-refractivity contribution in [1.82, 2.24) is 24.1 Å². The molecule has 0 unspecified atom stereocenters. The second-order valence-electron chi connectivity index (χ2n) is 9.42. The fourth-order valence-corrected chi connectivity index (χ4v) is 6.39. The number of hydrogen-bond donors (Lipinski definition) is 0. The average Bonchev–Trinajstić information content (AvgIpc) is 3.17. The SMILES string of the molecule is CCC[C@H](C)c1nc(N2CCCN(S(=O)(=O)c3ccc(Cl)cc3)CC2)c2cnn(-c3ccccc3)c2n1. The van der Waals surface area contributed by atoms with Gasteiger partial charge in [-0.3, -0.25) is 0 Å². The van der Waals surface area contributed by atoms with E-state index in [-0.39, 0.29) is 10.8 Å². The van der Waals surface area contributed by atoms with Crippen molar-refractivity contribution in [2.45, 2.75) is 43.9 Å². The van der Waals surface area contributed by atoms with Gasteiger partial charge in [-0.25, -0.2) is 23.1 Å². The van der Waals surface area contributed by atoms with E-state index in [4.69, 9.17) is 21.6 Å². The number of fused-ring (bicyclic) bond motifs is 1. The molecule has 2 aromatic heterocycles. The Kier molecular flexibility index (Phi) is 7.46. The van der Waals surface area contributed by atoms with Crippen LogP contribution in [-0.2, 0) is 10.0 Å². The first-order valence-corrected chi connectivity index (χ1v) is 14.5. The van der Waals surface area contributed by atoms with Crippen molar-refractivity contribution in [3.63, 3.8) is 0 Å². The first-order valence-electron chi connectivity index (χ1n) is 12.7. The lowest BCUT2D eigenvalue weighted by molar-refractivity contribution is 0.433. The monoisotopic (exact) mass is 538 g/mol. The normalized spacial score (nSPS) is 16.1. The Morgan fingerprint density at radius 2 is 1.73 bits per heavy atom. The molecule has 0 N–H and O–H groups in total. The Bertz CT molecular complexity index is 1470. The van der Waals surface area contributed by atoms with E-state index in [0.717, 1.165) is 41.2 Å². The number of para-hydroxylation sites is 1. The second kappa shape index (κ2) is 10.8. The highest BCUT2D eigenvalue weighted by Crippen LogP contribution is 2.30. The van der Waals surface area contributed by atoms with Crippen LogP contribution in [0.1, 0.15) is 44.9 Å². The van der Waals surface area contributed by atoms with Gasteiger partial charge in [0.2, 0.25) is 10.0 Å². The summed E-state index contributed by atoms with van der Waals surface area (Å²) in [6, 6.07) is 16.3. The van der Waals surface area contributed by atoms with Crippen LogP contribution in [0.5, 0.6) is 0 Å². The van der Waals surface area contributed by atoms with E-state index in [2.05, 4.69) is 23.8 Å². The van der Waals surface area contributed by atoms with E-state index in [9.17, 15) is 8.42 Å². The van der Waals surface area contributed by atoms with E-state index in [1.54, 1.807) is 28.6 Å². The Labute approximate surface area is 223 Å². The maximum atomic E-state index is 13.3. The van der Waals surface area contributed by atoms with Crippen LogP contribution in [0.15, 0.2) is 65.7 Å². The molecule has 10 heteroatoms. The molecule has 8 nitrogen and oxygen atoms in total. The molecule has 37 heavy (non-hydrogen) atoms. The smallest absolute Gasteiger partial charge is 0.243 e. The fraction of sp³-hybridized carbons (Fsp3) is 0.370. The summed E-state index contributed by atoms with van der Waals surface area (Å²) in [4.78, 5) is 12.4. The third-order valence-electron chi connectivity index (χ3n) is 6.79. The average molecular weight is 539 g/mol. The Hall–Kier alpha value is -3.01. The highest BCUT2D eigenvalue weighted by atomic mass is 35.5. The molecule has 1 aliphatic rings. The molecule has 194 valence electrons. The maximum Gasteiger partial charge on any atom is 0.243 e. The van der Waals surface area contributed by atoms with Gasteiger partial charge >= 0.3 is 0 Å². The van der Waals surface area contributed by atoms with Crippen molar-refractivity contribution < 1.29 is 8.42 Å². The summed E-state index contributed by atoms with van der Waals surface area (Å²) >= 11 is 5.97. The van der Waals surface area contributed by atoms with Gasteiger partial charge in [0.05, 0.1) is 22.2 Å². The summed E-state index contributed by atoms with van der Waals surface area (Å²) in [6.07, 6.45) is 4.53. The van der Waals surface area contributed by atoms with Gasteiger partial charge in [-0.2, -0.15) is 9.40 Å². The van der Waals surface area contributed by atoms with Gasteiger partial charge < -0.3 is 4.90 Å². The van der Waals surface area contributed by atoms with Crippen LogP contribution in [0.3, 0.4) is 0 Å². The number of hydrogen-bond acceptors (Lipinski definition) is 6. The lowest BCUT2D eigenvalue weighted by Gasteiger charge is -2.24. The van der Waals surface area contributed by atoms with Crippen LogP contribution >= 0.6 is 11.6 Å². The van der Waals surface area contributed by atoms with Crippen LogP contribution in [-0.4, -0.2) is 58.7 Å². The molecule has 0 saturated carbocycles. The summed E-state index contributed by atoms with van der Waals surface area (Å²) in [6.45, 7) is 6.34. The third-order valence-corrected chi connectivity index (χ3v) is 8.96. The van der Waals surface area contributed by atoms with Crippen LogP contribution in [0.4, 0.5) is 5.82 Å². The van der Waals surface area contributed by atoms with Crippen molar-refractivity contribution in [3.8, 4) is 5.69 Å². The van der Waals surface area contributed by atoms with Gasteiger partial charge in [-0.1, -0.05) is 50.1 Å². The molecule has 1 fully saturated rings. The van der Waals surface area contributed by atoms with Crippen molar-refractivity contribution in [2.24, 2.45) is 0 Å². The molecule has 0 amide bonds. The summed E-state index contributed by atoms with van der Waals surface area (Å²) in [5.74, 6) is 1.80. The Morgan fingerprint density at radius 1 is 0.973 bits per heavy atom. The summed E-state index contributed by atoms with van der Waals surface area (Å²) in [7, 11) is -3.61. The number of rotatable bonds is 7. The molecule has 0 aliphatic carbocycles. The van der Waals surface area contributed by atoms with E-state index in [1.165, 1.54) is 0 Å². The second-order valence-corrected chi connectivity index (χ2v) is 11.8. The molecular weight excluding hydrogens is 508 g/mol. The van der Waals surface area contributed by atoms with E-state index >= 15 is 0 Å². The Morgan fingerprint density at radius 3 is 2.46 bits per heavy atom. The standard InChI is InChI=1S/C27H31ClN6O2S/c1-3-8-20(2)25-30-26(24-19-29-34(27(24)31-25)22-9-5-4-6-10-22)32-15-7-16-33(18-17-32)37(35,36)23-13-11-21(28)12-14-23/h4-6,9-14,19-20H,3,7-8,15-18H2,1-2H3/t20-/m0/s1. The highest BCUT2D eigenvalue weighted by molar-refractivity contribution is 7.89. The molecule has 0 bridgehead atoms. The number of nitrogens with zero attached hydrogens (tertiary/aromatic N) is 6. The van der Waals surface area contributed by atoms with E-state index < -0.39 is 10.0 Å². The number of halogens is 1. The molecule has 1 saturated heterocycles. The predicted molar refractivity (Wildman–Crippen MR) is 147 cm³/mol.